The number of nitrogens with zero attached hydrogens (tertiary/aromatic N) is 1. The molecule has 0 aliphatic heterocycles. The van der Waals surface area contributed by atoms with Crippen molar-refractivity contribution >= 4 is 70.9 Å². The van der Waals surface area contributed by atoms with Gasteiger partial charge in [0.15, 0.2) is 0 Å². The van der Waals surface area contributed by atoms with Gasteiger partial charge in [0.05, 0.1) is 15.4 Å². The first kappa shape index (κ1) is 25.8. The van der Waals surface area contributed by atoms with Crippen molar-refractivity contribution in [2.24, 2.45) is 0 Å². The van der Waals surface area contributed by atoms with E-state index in [1.165, 1.54) is 48.5 Å². The van der Waals surface area contributed by atoms with Crippen LogP contribution in [-0.4, -0.2) is 0 Å². The molecule has 1 nitrogen and oxygen atoms in total. The number of benzene rings is 7. The van der Waals surface area contributed by atoms with E-state index in [0.29, 0.717) is 0 Å². The van der Waals surface area contributed by atoms with E-state index in [4.69, 9.17) is 11.6 Å². The molecule has 0 aliphatic rings. The third-order valence-corrected chi connectivity index (χ3v) is 9.82. The normalized spacial score (nSPS) is 11.4. The molecule has 0 N–H and O–H groups in total. The van der Waals surface area contributed by atoms with E-state index in [0.717, 1.165) is 26.8 Å². The molecule has 0 bridgehead atoms. The minimum Gasteiger partial charge on any atom is -0.310 e. The van der Waals surface area contributed by atoms with Gasteiger partial charge in [-0.05, 0) is 69.4 Å². The average molecular weight is 588 g/mol. The summed E-state index contributed by atoms with van der Waals surface area (Å²) in [7, 11) is 0. The highest BCUT2D eigenvalue weighted by atomic mass is 35.5. The van der Waals surface area contributed by atoms with Gasteiger partial charge in [0, 0.05) is 26.8 Å². The Morgan fingerprint density at radius 3 is 1.86 bits per heavy atom. The molecule has 204 valence electrons. The van der Waals surface area contributed by atoms with Gasteiger partial charge in [-0.2, -0.15) is 0 Å². The van der Waals surface area contributed by atoms with Gasteiger partial charge in [-0.1, -0.05) is 133 Å². The summed E-state index contributed by atoms with van der Waals surface area (Å²) < 4.78 is 2.37. The quantitative estimate of drug-likeness (QED) is 0.193. The molecule has 8 aromatic rings. The molecule has 8 rings (SSSR count). The standard InChI is InChI=1S/C40H26ClNS/c41-36-24-25-37(38-35-23-20-30-14-7-8-17-34(30)39(35)43-40(36)38)42(32-21-18-29(19-22-32)27-10-3-1-4-11-27)33-16-9-15-31(26-33)28-12-5-2-6-13-28/h1-26H. The maximum atomic E-state index is 6.93. The number of fused-ring (bicyclic) bond motifs is 5. The van der Waals surface area contributed by atoms with Crippen molar-refractivity contribution in [1.82, 2.24) is 0 Å². The lowest BCUT2D eigenvalue weighted by molar-refractivity contribution is 1.30. The van der Waals surface area contributed by atoms with Crippen molar-refractivity contribution in [3.8, 4) is 22.3 Å². The third kappa shape index (κ3) is 4.56. The van der Waals surface area contributed by atoms with Gasteiger partial charge in [-0.25, -0.2) is 0 Å². The summed E-state index contributed by atoms with van der Waals surface area (Å²) in [5.41, 5.74) is 8.06. The van der Waals surface area contributed by atoms with Crippen LogP contribution in [0.3, 0.4) is 0 Å². The van der Waals surface area contributed by atoms with Crippen LogP contribution in [0.15, 0.2) is 158 Å². The fourth-order valence-corrected chi connectivity index (χ4v) is 7.60. The number of anilines is 3. The number of halogens is 1. The minimum atomic E-state index is 0.779. The molecule has 0 saturated heterocycles. The van der Waals surface area contributed by atoms with Gasteiger partial charge in [0.2, 0.25) is 0 Å². The summed E-state index contributed by atoms with van der Waals surface area (Å²) in [6, 6.07) is 56.1. The maximum absolute atomic E-state index is 6.93. The van der Waals surface area contributed by atoms with Crippen molar-refractivity contribution in [3.63, 3.8) is 0 Å². The average Bonchev–Trinajstić information content (AvgIpc) is 3.49. The van der Waals surface area contributed by atoms with Crippen LogP contribution in [0.25, 0.3) is 53.2 Å². The van der Waals surface area contributed by atoms with Crippen molar-refractivity contribution in [2.45, 2.75) is 0 Å². The zero-order chi connectivity index (χ0) is 28.8. The molecule has 7 aromatic carbocycles. The number of hydrogen-bond acceptors (Lipinski definition) is 2. The fraction of sp³-hybridized carbons (Fsp3) is 0. The van der Waals surface area contributed by atoms with E-state index in [-0.39, 0.29) is 0 Å². The van der Waals surface area contributed by atoms with Crippen LogP contribution in [0.5, 0.6) is 0 Å². The monoisotopic (exact) mass is 587 g/mol. The van der Waals surface area contributed by atoms with E-state index in [2.05, 4.69) is 157 Å². The van der Waals surface area contributed by atoms with Gasteiger partial charge in [-0.3, -0.25) is 0 Å². The van der Waals surface area contributed by atoms with Crippen LogP contribution in [0.4, 0.5) is 17.1 Å². The Balaban J connectivity index is 1.38. The van der Waals surface area contributed by atoms with E-state index in [1.807, 2.05) is 6.07 Å². The lowest BCUT2D eigenvalue weighted by Crippen LogP contribution is -2.10. The van der Waals surface area contributed by atoms with Gasteiger partial charge >= 0.3 is 0 Å². The topological polar surface area (TPSA) is 3.24 Å². The van der Waals surface area contributed by atoms with E-state index >= 15 is 0 Å². The van der Waals surface area contributed by atoms with Crippen LogP contribution >= 0.6 is 22.9 Å². The highest BCUT2D eigenvalue weighted by molar-refractivity contribution is 7.27. The highest BCUT2D eigenvalue weighted by Crippen LogP contribution is 2.49. The predicted octanol–water partition coefficient (Wildman–Crippen LogP) is 12.7. The number of rotatable bonds is 5. The Kier molecular flexibility index (Phi) is 6.44. The number of thiophene rings is 1. The van der Waals surface area contributed by atoms with Gasteiger partial charge in [-0.15, -0.1) is 11.3 Å². The first-order chi connectivity index (χ1) is 21.2. The van der Waals surface area contributed by atoms with Crippen LogP contribution in [0, 0.1) is 0 Å². The summed E-state index contributed by atoms with van der Waals surface area (Å²) in [6.07, 6.45) is 0. The maximum Gasteiger partial charge on any atom is 0.0586 e. The molecule has 3 heteroatoms. The molecule has 0 fully saturated rings. The van der Waals surface area contributed by atoms with Crippen LogP contribution in [0.1, 0.15) is 0 Å². The SMILES string of the molecule is Clc1ccc(N(c2ccc(-c3ccccc3)cc2)c2cccc(-c3ccccc3)c2)c2c1sc1c3ccccc3ccc12. The van der Waals surface area contributed by atoms with Crippen molar-refractivity contribution in [3.05, 3.63) is 163 Å². The minimum absolute atomic E-state index is 0.779. The summed E-state index contributed by atoms with van der Waals surface area (Å²) in [6.45, 7) is 0. The first-order valence-electron chi connectivity index (χ1n) is 14.4. The molecule has 0 unspecified atom stereocenters. The van der Waals surface area contributed by atoms with Crippen LogP contribution in [0.2, 0.25) is 5.02 Å². The molecular weight excluding hydrogens is 562 g/mol. The molecule has 0 radical (unpaired) electrons. The van der Waals surface area contributed by atoms with E-state index in [1.54, 1.807) is 11.3 Å². The highest BCUT2D eigenvalue weighted by Gasteiger charge is 2.21. The molecule has 43 heavy (non-hydrogen) atoms. The van der Waals surface area contributed by atoms with Gasteiger partial charge in [0.1, 0.15) is 0 Å². The first-order valence-corrected chi connectivity index (χ1v) is 15.6. The van der Waals surface area contributed by atoms with Crippen LogP contribution in [-0.2, 0) is 0 Å². The summed E-state index contributed by atoms with van der Waals surface area (Å²) in [5.74, 6) is 0. The lowest BCUT2D eigenvalue weighted by Gasteiger charge is -2.27. The molecule has 0 saturated carbocycles. The zero-order valence-corrected chi connectivity index (χ0v) is 24.8. The zero-order valence-electron chi connectivity index (χ0n) is 23.2. The number of hydrogen-bond donors (Lipinski definition) is 0. The summed E-state index contributed by atoms with van der Waals surface area (Å²) in [5, 5.41) is 5.68. The molecule has 0 spiro atoms. The predicted molar refractivity (Wildman–Crippen MR) is 187 cm³/mol. The Morgan fingerprint density at radius 1 is 0.442 bits per heavy atom. The molecule has 0 aliphatic carbocycles. The largest absolute Gasteiger partial charge is 0.310 e. The fourth-order valence-electron chi connectivity index (χ4n) is 6.06. The Bertz CT molecular complexity index is 2240. The van der Waals surface area contributed by atoms with Crippen molar-refractivity contribution in [2.75, 3.05) is 4.90 Å². The lowest BCUT2D eigenvalue weighted by atomic mass is 10.0. The van der Waals surface area contributed by atoms with E-state index in [9.17, 15) is 0 Å². The molecule has 1 aromatic heterocycles. The second kappa shape index (κ2) is 10.7. The molecular formula is C40H26ClNS. The molecule has 0 atom stereocenters. The smallest absolute Gasteiger partial charge is 0.0586 e. The molecule has 0 amide bonds. The summed E-state index contributed by atoms with van der Waals surface area (Å²) in [4.78, 5) is 2.38. The Hall–Kier alpha value is -4.89. The van der Waals surface area contributed by atoms with E-state index < -0.39 is 0 Å². The van der Waals surface area contributed by atoms with Crippen LogP contribution < -0.4 is 4.90 Å². The third-order valence-electron chi connectivity index (χ3n) is 8.13. The van der Waals surface area contributed by atoms with Gasteiger partial charge < -0.3 is 4.90 Å². The Morgan fingerprint density at radius 2 is 1.09 bits per heavy atom. The second-order valence-electron chi connectivity index (χ2n) is 10.7. The second-order valence-corrected chi connectivity index (χ2v) is 12.1. The molecule has 1 heterocycles. The van der Waals surface area contributed by atoms with Gasteiger partial charge in [0.25, 0.3) is 0 Å². The Labute approximate surface area is 259 Å². The van der Waals surface area contributed by atoms with Crippen molar-refractivity contribution in [1.29, 1.82) is 0 Å². The summed E-state index contributed by atoms with van der Waals surface area (Å²) >= 11 is 8.72. The van der Waals surface area contributed by atoms with Crippen molar-refractivity contribution < 1.29 is 0 Å².